The van der Waals surface area contributed by atoms with Gasteiger partial charge < -0.3 is 15.5 Å². The molecule has 0 radical (unpaired) electrons. The van der Waals surface area contributed by atoms with Gasteiger partial charge in [0.1, 0.15) is 0 Å². The fourth-order valence-electron chi connectivity index (χ4n) is 2.84. The number of piperidine rings is 1. The van der Waals surface area contributed by atoms with Crippen LogP contribution in [0.2, 0.25) is 0 Å². The molecule has 1 heterocycles. The Hall–Kier alpha value is -1.39. The average Bonchev–Trinajstić information content (AvgIpc) is 2.52. The van der Waals surface area contributed by atoms with Crippen LogP contribution in [0.5, 0.6) is 0 Å². The van der Waals surface area contributed by atoms with Crippen LogP contribution in [-0.2, 0) is 11.3 Å². The zero-order valence-corrected chi connectivity index (χ0v) is 13.0. The summed E-state index contributed by atoms with van der Waals surface area (Å²) in [6.07, 6.45) is 5.08. The van der Waals surface area contributed by atoms with Gasteiger partial charge in [-0.2, -0.15) is 0 Å². The van der Waals surface area contributed by atoms with Crippen molar-refractivity contribution in [3.8, 4) is 0 Å². The van der Waals surface area contributed by atoms with Gasteiger partial charge >= 0.3 is 0 Å². The highest BCUT2D eigenvalue weighted by atomic mass is 16.1. The van der Waals surface area contributed by atoms with E-state index in [1.807, 2.05) is 30.3 Å². The largest absolute Gasteiger partial charge is 0.351 e. The lowest BCUT2D eigenvalue weighted by Crippen LogP contribution is -2.39. The molecule has 1 aliphatic heterocycles. The maximum Gasteiger partial charge on any atom is 0.234 e. The molecule has 1 saturated heterocycles. The van der Waals surface area contributed by atoms with Gasteiger partial charge in [-0.15, -0.1) is 0 Å². The molecule has 0 bridgehead atoms. The monoisotopic (exact) mass is 289 g/mol. The Morgan fingerprint density at radius 1 is 1.29 bits per heavy atom. The number of nitrogens with zero attached hydrogens (tertiary/aromatic N) is 1. The number of carbonyl (C=O) groups excluding carboxylic acids is 1. The van der Waals surface area contributed by atoms with Gasteiger partial charge in [0.25, 0.3) is 0 Å². The summed E-state index contributed by atoms with van der Waals surface area (Å²) in [7, 11) is 2.20. The van der Waals surface area contributed by atoms with Gasteiger partial charge in [0, 0.05) is 12.6 Å². The smallest absolute Gasteiger partial charge is 0.234 e. The number of rotatable bonds is 7. The van der Waals surface area contributed by atoms with Gasteiger partial charge in [0.2, 0.25) is 5.91 Å². The van der Waals surface area contributed by atoms with Gasteiger partial charge in [-0.05, 0) is 45.0 Å². The summed E-state index contributed by atoms with van der Waals surface area (Å²) < 4.78 is 0. The first-order valence-corrected chi connectivity index (χ1v) is 7.97. The Balaban J connectivity index is 1.55. The van der Waals surface area contributed by atoms with Crippen LogP contribution >= 0.6 is 0 Å². The van der Waals surface area contributed by atoms with Gasteiger partial charge in [-0.3, -0.25) is 4.79 Å². The van der Waals surface area contributed by atoms with Crippen molar-refractivity contribution in [2.45, 2.75) is 38.3 Å². The number of nitrogens with one attached hydrogen (secondary N) is 2. The average molecular weight is 289 g/mol. The number of benzene rings is 1. The second kappa shape index (κ2) is 8.80. The molecule has 1 aromatic rings. The summed E-state index contributed by atoms with van der Waals surface area (Å²) in [6, 6.07) is 10.7. The number of amides is 1. The second-order valence-corrected chi connectivity index (χ2v) is 5.86. The zero-order valence-electron chi connectivity index (χ0n) is 13.0. The number of carbonyl (C=O) groups is 1. The fourth-order valence-corrected chi connectivity index (χ4v) is 2.84. The summed E-state index contributed by atoms with van der Waals surface area (Å²) in [5.74, 6) is 0.0656. The van der Waals surface area contributed by atoms with Crippen LogP contribution < -0.4 is 10.6 Å². The van der Waals surface area contributed by atoms with Crippen LogP contribution in [0, 0.1) is 0 Å². The van der Waals surface area contributed by atoms with Crippen LogP contribution in [0.4, 0.5) is 0 Å². The van der Waals surface area contributed by atoms with E-state index in [1.54, 1.807) is 0 Å². The fraction of sp³-hybridized carbons (Fsp3) is 0.588. The molecular weight excluding hydrogens is 262 g/mol. The van der Waals surface area contributed by atoms with E-state index < -0.39 is 0 Å². The minimum Gasteiger partial charge on any atom is -0.351 e. The van der Waals surface area contributed by atoms with Crippen molar-refractivity contribution in [2.75, 3.05) is 26.7 Å². The van der Waals surface area contributed by atoms with Crippen molar-refractivity contribution in [3.05, 3.63) is 35.9 Å². The summed E-state index contributed by atoms with van der Waals surface area (Å²) in [6.45, 7) is 3.13. The second-order valence-electron chi connectivity index (χ2n) is 5.86. The third-order valence-corrected chi connectivity index (χ3v) is 4.19. The summed E-state index contributed by atoms with van der Waals surface area (Å²) in [4.78, 5) is 14.2. The Labute approximate surface area is 127 Å². The molecule has 1 unspecified atom stereocenters. The Kier molecular flexibility index (Phi) is 6.70. The number of likely N-dealkylation sites (tertiary alicyclic amines) is 1. The minimum atomic E-state index is 0.0656. The van der Waals surface area contributed by atoms with Crippen LogP contribution in [0.3, 0.4) is 0 Å². The molecule has 1 aliphatic rings. The van der Waals surface area contributed by atoms with Gasteiger partial charge in [-0.25, -0.2) is 0 Å². The highest BCUT2D eigenvalue weighted by molar-refractivity contribution is 5.77. The first kappa shape index (κ1) is 16.0. The van der Waals surface area contributed by atoms with Gasteiger partial charge in [-0.1, -0.05) is 36.8 Å². The lowest BCUT2D eigenvalue weighted by molar-refractivity contribution is -0.120. The van der Waals surface area contributed by atoms with E-state index in [9.17, 15) is 4.79 Å². The molecule has 4 nitrogen and oxygen atoms in total. The summed E-state index contributed by atoms with van der Waals surface area (Å²) in [5.41, 5.74) is 1.13. The highest BCUT2D eigenvalue weighted by Crippen LogP contribution is 2.16. The number of hydrogen-bond acceptors (Lipinski definition) is 3. The predicted octanol–water partition coefficient (Wildman–Crippen LogP) is 1.77. The molecule has 2 rings (SSSR count). The molecule has 0 aliphatic carbocycles. The maximum atomic E-state index is 11.7. The quantitative estimate of drug-likeness (QED) is 0.752. The first-order valence-electron chi connectivity index (χ1n) is 7.97. The van der Waals surface area contributed by atoms with Crippen molar-refractivity contribution < 1.29 is 4.79 Å². The summed E-state index contributed by atoms with van der Waals surface area (Å²) >= 11 is 0. The lowest BCUT2D eigenvalue weighted by atomic mass is 10.0. The Morgan fingerprint density at radius 3 is 2.86 bits per heavy atom. The van der Waals surface area contributed by atoms with Gasteiger partial charge in [0.05, 0.1) is 6.54 Å². The molecule has 116 valence electrons. The molecular formula is C17H27N3O. The van der Waals surface area contributed by atoms with E-state index in [2.05, 4.69) is 22.6 Å². The SMILES string of the molecule is CN1CCCCC1CCNCC(=O)NCc1ccccc1. The molecule has 0 spiro atoms. The molecule has 2 N–H and O–H groups in total. The first-order chi connectivity index (χ1) is 10.3. The molecule has 4 heteroatoms. The molecule has 1 amide bonds. The van der Waals surface area contributed by atoms with Gasteiger partial charge in [0.15, 0.2) is 0 Å². The normalized spacial score (nSPS) is 19.4. The van der Waals surface area contributed by atoms with E-state index >= 15 is 0 Å². The van der Waals surface area contributed by atoms with E-state index in [4.69, 9.17) is 0 Å². The number of hydrogen-bond donors (Lipinski definition) is 2. The highest BCUT2D eigenvalue weighted by Gasteiger charge is 2.17. The van der Waals surface area contributed by atoms with Crippen LogP contribution in [0.25, 0.3) is 0 Å². The summed E-state index contributed by atoms with van der Waals surface area (Å²) in [5, 5.41) is 6.18. The van der Waals surface area contributed by atoms with Crippen molar-refractivity contribution in [1.82, 2.24) is 15.5 Å². The van der Waals surface area contributed by atoms with Crippen molar-refractivity contribution in [1.29, 1.82) is 0 Å². The third kappa shape index (κ3) is 5.86. The van der Waals surface area contributed by atoms with Crippen LogP contribution in [0.1, 0.15) is 31.2 Å². The standard InChI is InChI=1S/C17H27N3O/c1-20-12-6-5-9-16(20)10-11-18-14-17(21)19-13-15-7-3-2-4-8-15/h2-4,7-8,16,18H,5-6,9-14H2,1H3,(H,19,21). The molecule has 1 fully saturated rings. The maximum absolute atomic E-state index is 11.7. The zero-order chi connectivity index (χ0) is 14.9. The molecule has 21 heavy (non-hydrogen) atoms. The minimum absolute atomic E-state index is 0.0656. The Bertz CT molecular complexity index is 421. The Morgan fingerprint density at radius 2 is 2.10 bits per heavy atom. The lowest BCUT2D eigenvalue weighted by Gasteiger charge is -2.32. The van der Waals surface area contributed by atoms with E-state index in [1.165, 1.54) is 25.8 Å². The third-order valence-electron chi connectivity index (χ3n) is 4.19. The predicted molar refractivity (Wildman–Crippen MR) is 86.0 cm³/mol. The van der Waals surface area contributed by atoms with Crippen LogP contribution in [-0.4, -0.2) is 43.5 Å². The van der Waals surface area contributed by atoms with E-state index in [0.29, 0.717) is 19.1 Å². The van der Waals surface area contributed by atoms with Crippen molar-refractivity contribution >= 4 is 5.91 Å². The topological polar surface area (TPSA) is 44.4 Å². The molecule has 1 atom stereocenters. The molecule has 1 aromatic carbocycles. The van der Waals surface area contributed by atoms with E-state index in [-0.39, 0.29) is 5.91 Å². The molecule has 0 saturated carbocycles. The van der Waals surface area contributed by atoms with E-state index in [0.717, 1.165) is 18.5 Å². The molecule has 0 aromatic heterocycles. The van der Waals surface area contributed by atoms with Crippen LogP contribution in [0.15, 0.2) is 30.3 Å². The van der Waals surface area contributed by atoms with Crippen molar-refractivity contribution in [2.24, 2.45) is 0 Å². The van der Waals surface area contributed by atoms with Crippen molar-refractivity contribution in [3.63, 3.8) is 0 Å².